The van der Waals surface area contributed by atoms with Gasteiger partial charge in [0.25, 0.3) is 0 Å². The molecule has 0 saturated carbocycles. The molecule has 1 aromatic rings. The Kier molecular flexibility index (Phi) is 4.25. The third kappa shape index (κ3) is 3.20. The highest BCUT2D eigenvalue weighted by Crippen LogP contribution is 2.20. The molecule has 1 atom stereocenters. The lowest BCUT2D eigenvalue weighted by molar-refractivity contribution is 0.0681. The average Bonchev–Trinajstić information content (AvgIpc) is 2.26. The standard InChI is InChI=1S/C11H13FO4/c1-2-8(13)6-16-10-4-3-7(12)5-9(10)11(14)15/h3-5,8,13H,2,6H2,1H3,(H,14,15). The van der Waals surface area contributed by atoms with Crippen molar-refractivity contribution in [2.75, 3.05) is 6.61 Å². The lowest BCUT2D eigenvalue weighted by Gasteiger charge is -2.12. The molecule has 0 aliphatic carbocycles. The van der Waals surface area contributed by atoms with Crippen LogP contribution in [0, 0.1) is 5.82 Å². The van der Waals surface area contributed by atoms with Gasteiger partial charge in [-0.1, -0.05) is 6.92 Å². The van der Waals surface area contributed by atoms with E-state index in [-0.39, 0.29) is 17.9 Å². The Morgan fingerprint density at radius 3 is 2.81 bits per heavy atom. The lowest BCUT2D eigenvalue weighted by atomic mass is 10.2. The number of hydrogen-bond donors (Lipinski definition) is 2. The average molecular weight is 228 g/mol. The Balaban J connectivity index is 2.82. The fraction of sp³-hybridized carbons (Fsp3) is 0.364. The molecule has 1 unspecified atom stereocenters. The highest BCUT2D eigenvalue weighted by molar-refractivity contribution is 5.90. The monoisotopic (exact) mass is 228 g/mol. The first-order chi connectivity index (χ1) is 7.54. The van der Waals surface area contributed by atoms with Gasteiger partial charge >= 0.3 is 5.97 Å². The summed E-state index contributed by atoms with van der Waals surface area (Å²) in [5.41, 5.74) is -0.247. The predicted octanol–water partition coefficient (Wildman–Crippen LogP) is 1.67. The summed E-state index contributed by atoms with van der Waals surface area (Å²) in [6.45, 7) is 1.76. The Morgan fingerprint density at radius 2 is 2.25 bits per heavy atom. The Hall–Kier alpha value is -1.62. The fourth-order valence-corrected chi connectivity index (χ4v) is 1.10. The number of halogens is 1. The van der Waals surface area contributed by atoms with Gasteiger partial charge in [-0.25, -0.2) is 9.18 Å². The van der Waals surface area contributed by atoms with Crippen LogP contribution in [0.3, 0.4) is 0 Å². The molecule has 1 aromatic carbocycles. The number of hydrogen-bond acceptors (Lipinski definition) is 3. The largest absolute Gasteiger partial charge is 0.490 e. The lowest BCUT2D eigenvalue weighted by Crippen LogP contribution is -2.17. The quantitative estimate of drug-likeness (QED) is 0.804. The van der Waals surface area contributed by atoms with Crippen LogP contribution in [0.5, 0.6) is 5.75 Å². The van der Waals surface area contributed by atoms with Gasteiger partial charge in [0.2, 0.25) is 0 Å². The van der Waals surface area contributed by atoms with Crippen molar-refractivity contribution in [3.05, 3.63) is 29.6 Å². The minimum Gasteiger partial charge on any atom is -0.490 e. The maximum atomic E-state index is 12.8. The summed E-state index contributed by atoms with van der Waals surface area (Å²) in [6.07, 6.45) is -0.157. The first kappa shape index (κ1) is 12.4. The van der Waals surface area contributed by atoms with Gasteiger partial charge in [-0.2, -0.15) is 0 Å². The maximum Gasteiger partial charge on any atom is 0.339 e. The second kappa shape index (κ2) is 5.46. The summed E-state index contributed by atoms with van der Waals surface area (Å²) in [5, 5.41) is 18.1. The van der Waals surface area contributed by atoms with E-state index in [0.717, 1.165) is 12.1 Å². The second-order valence-corrected chi connectivity index (χ2v) is 3.32. The number of aliphatic hydroxyl groups is 1. The predicted molar refractivity (Wildman–Crippen MR) is 55.2 cm³/mol. The van der Waals surface area contributed by atoms with Gasteiger partial charge in [0.15, 0.2) is 0 Å². The SMILES string of the molecule is CCC(O)COc1ccc(F)cc1C(=O)O. The zero-order valence-corrected chi connectivity index (χ0v) is 8.81. The molecule has 16 heavy (non-hydrogen) atoms. The molecule has 0 aliphatic heterocycles. The van der Waals surface area contributed by atoms with Crippen LogP contribution < -0.4 is 4.74 Å². The summed E-state index contributed by atoms with van der Waals surface area (Å²) >= 11 is 0. The highest BCUT2D eigenvalue weighted by atomic mass is 19.1. The highest BCUT2D eigenvalue weighted by Gasteiger charge is 2.13. The van der Waals surface area contributed by atoms with Gasteiger partial charge in [-0.15, -0.1) is 0 Å². The minimum atomic E-state index is -1.26. The van der Waals surface area contributed by atoms with E-state index in [9.17, 15) is 14.3 Å². The summed E-state index contributed by atoms with van der Waals surface area (Å²) in [7, 11) is 0. The van der Waals surface area contributed by atoms with Crippen LogP contribution in [0.15, 0.2) is 18.2 Å². The molecule has 0 fully saturated rings. The second-order valence-electron chi connectivity index (χ2n) is 3.32. The molecule has 0 aromatic heterocycles. The molecule has 2 N–H and O–H groups in total. The zero-order valence-electron chi connectivity index (χ0n) is 8.81. The molecule has 1 rings (SSSR count). The van der Waals surface area contributed by atoms with Crippen molar-refractivity contribution >= 4 is 5.97 Å². The molecule has 4 nitrogen and oxygen atoms in total. The van der Waals surface area contributed by atoms with Crippen molar-refractivity contribution in [1.29, 1.82) is 0 Å². The molecule has 0 aliphatic rings. The summed E-state index contributed by atoms with van der Waals surface area (Å²) in [6, 6.07) is 3.23. The van der Waals surface area contributed by atoms with E-state index >= 15 is 0 Å². The van der Waals surface area contributed by atoms with Gasteiger partial charge in [0.1, 0.15) is 23.7 Å². The first-order valence-electron chi connectivity index (χ1n) is 4.88. The van der Waals surface area contributed by atoms with Crippen LogP contribution in [0.2, 0.25) is 0 Å². The molecular weight excluding hydrogens is 215 g/mol. The van der Waals surface area contributed by atoms with E-state index in [4.69, 9.17) is 9.84 Å². The van der Waals surface area contributed by atoms with E-state index in [2.05, 4.69) is 0 Å². The number of ether oxygens (including phenoxy) is 1. The minimum absolute atomic E-state index is 0.0115. The molecule has 0 bridgehead atoms. The van der Waals surface area contributed by atoms with Gasteiger partial charge in [-0.05, 0) is 24.6 Å². The molecular formula is C11H13FO4. The smallest absolute Gasteiger partial charge is 0.339 e. The Morgan fingerprint density at radius 1 is 1.56 bits per heavy atom. The number of benzene rings is 1. The normalized spacial score (nSPS) is 12.2. The van der Waals surface area contributed by atoms with E-state index in [1.807, 2.05) is 0 Å². The fourth-order valence-electron chi connectivity index (χ4n) is 1.10. The van der Waals surface area contributed by atoms with E-state index in [1.165, 1.54) is 6.07 Å². The van der Waals surface area contributed by atoms with Crippen LogP contribution in [-0.2, 0) is 0 Å². The molecule has 0 radical (unpaired) electrons. The van der Waals surface area contributed by atoms with Crippen molar-refractivity contribution in [1.82, 2.24) is 0 Å². The number of aliphatic hydroxyl groups excluding tert-OH is 1. The zero-order chi connectivity index (χ0) is 12.1. The van der Waals surface area contributed by atoms with Crippen LogP contribution in [0.1, 0.15) is 23.7 Å². The van der Waals surface area contributed by atoms with Crippen molar-refractivity contribution in [2.24, 2.45) is 0 Å². The third-order valence-electron chi connectivity index (χ3n) is 2.07. The van der Waals surface area contributed by atoms with Gasteiger partial charge in [-0.3, -0.25) is 0 Å². The van der Waals surface area contributed by atoms with Crippen molar-refractivity contribution in [3.8, 4) is 5.75 Å². The van der Waals surface area contributed by atoms with Crippen LogP contribution >= 0.6 is 0 Å². The molecule has 5 heteroatoms. The number of aromatic carboxylic acids is 1. The molecule has 0 heterocycles. The number of carboxylic acids is 1. The van der Waals surface area contributed by atoms with Crippen LogP contribution in [0.4, 0.5) is 4.39 Å². The first-order valence-corrected chi connectivity index (χ1v) is 4.88. The Bertz CT molecular complexity index is 378. The Labute approximate surface area is 92.3 Å². The third-order valence-corrected chi connectivity index (χ3v) is 2.07. The molecule has 0 amide bonds. The molecule has 88 valence electrons. The van der Waals surface area contributed by atoms with Crippen LogP contribution in [-0.4, -0.2) is 28.9 Å². The molecule has 0 saturated heterocycles. The summed E-state index contributed by atoms with van der Waals surface area (Å²) in [5.74, 6) is -1.84. The summed E-state index contributed by atoms with van der Waals surface area (Å²) < 4.78 is 17.9. The van der Waals surface area contributed by atoms with E-state index < -0.39 is 17.9 Å². The van der Waals surface area contributed by atoms with Gasteiger partial charge in [0.05, 0.1) is 6.10 Å². The summed E-state index contributed by atoms with van der Waals surface area (Å²) in [4.78, 5) is 10.8. The number of carboxylic acid groups (broad SMARTS) is 1. The maximum absolute atomic E-state index is 12.8. The topological polar surface area (TPSA) is 66.8 Å². The number of carbonyl (C=O) groups is 1. The molecule has 0 spiro atoms. The van der Waals surface area contributed by atoms with Crippen LogP contribution in [0.25, 0.3) is 0 Å². The van der Waals surface area contributed by atoms with Crippen molar-refractivity contribution in [2.45, 2.75) is 19.4 Å². The van der Waals surface area contributed by atoms with Gasteiger partial charge in [0, 0.05) is 0 Å². The van der Waals surface area contributed by atoms with Crippen molar-refractivity contribution in [3.63, 3.8) is 0 Å². The van der Waals surface area contributed by atoms with E-state index in [1.54, 1.807) is 6.92 Å². The van der Waals surface area contributed by atoms with E-state index in [0.29, 0.717) is 6.42 Å². The van der Waals surface area contributed by atoms with Crippen molar-refractivity contribution < 1.29 is 24.1 Å². The number of rotatable bonds is 5. The van der Waals surface area contributed by atoms with Gasteiger partial charge < -0.3 is 14.9 Å².